The molecule has 0 fully saturated rings. The Balaban J connectivity index is 1.96. The number of halogens is 2. The van der Waals surface area contributed by atoms with E-state index in [0.29, 0.717) is 0 Å². The molecule has 1 aromatic heterocycles. The predicted molar refractivity (Wildman–Crippen MR) is 91.5 cm³/mol. The summed E-state index contributed by atoms with van der Waals surface area (Å²) in [6.07, 6.45) is 3.62. The van der Waals surface area contributed by atoms with Gasteiger partial charge in [-0.1, -0.05) is 13.0 Å². The van der Waals surface area contributed by atoms with Crippen molar-refractivity contribution in [2.45, 2.75) is 32.2 Å². The summed E-state index contributed by atoms with van der Waals surface area (Å²) >= 11 is 8.99. The normalized spacial score (nSPS) is 15.3. The zero-order valence-electron chi connectivity index (χ0n) is 11.2. The molecule has 1 aliphatic carbocycles. The third-order valence-corrected chi connectivity index (χ3v) is 6.65. The number of rotatable bonds is 4. The number of hydrogen-bond donors (Lipinski definition) is 1. The van der Waals surface area contributed by atoms with E-state index in [-0.39, 0.29) is 6.04 Å². The fourth-order valence-electron chi connectivity index (χ4n) is 2.58. The van der Waals surface area contributed by atoms with Gasteiger partial charge < -0.3 is 5.32 Å². The second-order valence-electron chi connectivity index (χ2n) is 4.94. The maximum Gasteiger partial charge on any atom is 0.115 e. The number of aromatic nitrogens is 1. The van der Waals surface area contributed by atoms with Gasteiger partial charge in [0, 0.05) is 13.8 Å². The van der Waals surface area contributed by atoms with Gasteiger partial charge >= 0.3 is 0 Å². The van der Waals surface area contributed by atoms with E-state index in [1.54, 1.807) is 0 Å². The van der Waals surface area contributed by atoms with Crippen molar-refractivity contribution in [3.8, 4) is 0 Å². The highest BCUT2D eigenvalue weighted by atomic mass is 79.9. The minimum Gasteiger partial charge on any atom is -0.305 e. The monoisotopic (exact) mass is 414 g/mol. The number of aryl methyl sites for hydroxylation is 2. The van der Waals surface area contributed by atoms with Gasteiger partial charge in [-0.2, -0.15) is 0 Å². The lowest BCUT2D eigenvalue weighted by Gasteiger charge is -2.16. The Morgan fingerprint density at radius 1 is 1.30 bits per heavy atom. The van der Waals surface area contributed by atoms with Gasteiger partial charge in [0.1, 0.15) is 5.01 Å². The second-order valence-corrected chi connectivity index (χ2v) is 7.76. The average Bonchev–Trinajstić information content (AvgIpc) is 3.00. The van der Waals surface area contributed by atoms with Crippen molar-refractivity contribution in [3.05, 3.63) is 48.3 Å². The highest BCUT2D eigenvalue weighted by Gasteiger charge is 2.23. The lowest BCUT2D eigenvalue weighted by atomic mass is 10.1. The molecule has 2 aromatic rings. The Morgan fingerprint density at radius 2 is 2.15 bits per heavy atom. The number of fused-ring (bicyclic) bond motifs is 1. The highest BCUT2D eigenvalue weighted by molar-refractivity contribution is 9.13. The van der Waals surface area contributed by atoms with Crippen LogP contribution in [0, 0.1) is 0 Å². The molecular formula is C15H16Br2N2S. The first-order valence-corrected chi connectivity index (χ1v) is 9.26. The molecule has 1 atom stereocenters. The maximum atomic E-state index is 4.87. The molecule has 2 nitrogen and oxygen atoms in total. The summed E-state index contributed by atoms with van der Waals surface area (Å²) in [6, 6.07) is 6.61. The van der Waals surface area contributed by atoms with E-state index in [1.165, 1.54) is 34.0 Å². The molecule has 0 radical (unpaired) electrons. The third kappa shape index (κ3) is 2.86. The molecule has 0 bridgehead atoms. The molecule has 20 heavy (non-hydrogen) atoms. The van der Waals surface area contributed by atoms with Gasteiger partial charge in [0.25, 0.3) is 0 Å². The Hall–Kier alpha value is -0.230. The zero-order chi connectivity index (χ0) is 14.1. The fraction of sp³-hybridized carbons (Fsp3) is 0.400. The van der Waals surface area contributed by atoms with Crippen LogP contribution in [0.2, 0.25) is 0 Å². The van der Waals surface area contributed by atoms with Crippen LogP contribution < -0.4 is 5.32 Å². The lowest BCUT2D eigenvalue weighted by molar-refractivity contribution is 0.624. The van der Waals surface area contributed by atoms with E-state index in [4.69, 9.17) is 4.98 Å². The summed E-state index contributed by atoms with van der Waals surface area (Å²) < 4.78 is 2.17. The number of thiazole rings is 1. The number of hydrogen-bond acceptors (Lipinski definition) is 3. The largest absolute Gasteiger partial charge is 0.305 e. The van der Waals surface area contributed by atoms with Crippen molar-refractivity contribution in [3.63, 3.8) is 0 Å². The molecule has 3 rings (SSSR count). The lowest BCUT2D eigenvalue weighted by Crippen LogP contribution is -2.22. The summed E-state index contributed by atoms with van der Waals surface area (Å²) in [5, 5.41) is 4.76. The van der Waals surface area contributed by atoms with Crippen molar-refractivity contribution >= 4 is 43.2 Å². The molecule has 0 amide bonds. The summed E-state index contributed by atoms with van der Waals surface area (Å²) in [7, 11) is 0. The van der Waals surface area contributed by atoms with E-state index >= 15 is 0 Å². The van der Waals surface area contributed by atoms with E-state index in [1.807, 2.05) is 11.3 Å². The Labute approximate surface area is 140 Å². The second kappa shape index (κ2) is 6.26. The minimum absolute atomic E-state index is 0.194. The molecule has 1 aromatic carbocycles. The third-order valence-electron chi connectivity index (χ3n) is 3.54. The molecule has 1 aliphatic rings. The first-order valence-electron chi connectivity index (χ1n) is 6.86. The summed E-state index contributed by atoms with van der Waals surface area (Å²) in [4.78, 5) is 6.35. The van der Waals surface area contributed by atoms with Gasteiger partial charge in [-0.05, 0) is 75.4 Å². The van der Waals surface area contributed by atoms with Gasteiger partial charge in [0.05, 0.1) is 11.7 Å². The van der Waals surface area contributed by atoms with Crippen molar-refractivity contribution < 1.29 is 0 Å². The first kappa shape index (κ1) is 14.7. The molecule has 1 N–H and O–H groups in total. The van der Waals surface area contributed by atoms with Crippen LogP contribution in [0.15, 0.2) is 27.1 Å². The molecule has 0 aliphatic heterocycles. The Kier molecular flexibility index (Phi) is 4.60. The van der Waals surface area contributed by atoms with Crippen LogP contribution in [0.1, 0.15) is 40.5 Å². The van der Waals surface area contributed by atoms with Crippen molar-refractivity contribution in [2.75, 3.05) is 6.54 Å². The molecule has 0 saturated heterocycles. The Bertz CT molecular complexity index is 603. The summed E-state index contributed by atoms with van der Waals surface area (Å²) in [5.41, 5.74) is 2.58. The molecule has 106 valence electrons. The van der Waals surface area contributed by atoms with Crippen molar-refractivity contribution in [2.24, 2.45) is 0 Å². The van der Waals surface area contributed by atoms with Crippen LogP contribution in [0.4, 0.5) is 0 Å². The van der Waals surface area contributed by atoms with E-state index in [2.05, 4.69) is 62.3 Å². The molecule has 0 saturated carbocycles. The van der Waals surface area contributed by atoms with Crippen LogP contribution in [0.5, 0.6) is 0 Å². The minimum atomic E-state index is 0.194. The van der Waals surface area contributed by atoms with Crippen LogP contribution in [-0.4, -0.2) is 11.5 Å². The fourth-order valence-corrected chi connectivity index (χ4v) is 4.48. The zero-order valence-corrected chi connectivity index (χ0v) is 15.2. The SMILES string of the molecule is CCNC(c1ccc(Br)c(Br)c1)c1nc2c(s1)CCC2. The number of benzene rings is 1. The van der Waals surface area contributed by atoms with Gasteiger partial charge in [0.2, 0.25) is 0 Å². The van der Waals surface area contributed by atoms with Crippen LogP contribution in [0.3, 0.4) is 0 Å². The van der Waals surface area contributed by atoms with Crippen LogP contribution >= 0.6 is 43.2 Å². The van der Waals surface area contributed by atoms with Crippen molar-refractivity contribution in [1.82, 2.24) is 10.3 Å². The Morgan fingerprint density at radius 3 is 2.85 bits per heavy atom. The molecular weight excluding hydrogens is 400 g/mol. The smallest absolute Gasteiger partial charge is 0.115 e. The van der Waals surface area contributed by atoms with Gasteiger partial charge in [-0.25, -0.2) is 4.98 Å². The number of nitrogens with one attached hydrogen (secondary N) is 1. The van der Waals surface area contributed by atoms with Crippen molar-refractivity contribution in [1.29, 1.82) is 0 Å². The van der Waals surface area contributed by atoms with Crippen LogP contribution in [0.25, 0.3) is 0 Å². The molecule has 1 heterocycles. The quantitative estimate of drug-likeness (QED) is 0.771. The summed E-state index contributed by atoms with van der Waals surface area (Å²) in [6.45, 7) is 3.07. The first-order chi connectivity index (χ1) is 9.69. The molecule has 1 unspecified atom stereocenters. The van der Waals surface area contributed by atoms with E-state index in [9.17, 15) is 0 Å². The highest BCUT2D eigenvalue weighted by Crippen LogP contribution is 2.35. The van der Waals surface area contributed by atoms with Gasteiger partial charge in [-0.15, -0.1) is 11.3 Å². The molecule has 0 spiro atoms. The summed E-state index contributed by atoms with van der Waals surface area (Å²) in [5.74, 6) is 0. The average molecular weight is 416 g/mol. The van der Waals surface area contributed by atoms with E-state index < -0.39 is 0 Å². The van der Waals surface area contributed by atoms with Gasteiger partial charge in [-0.3, -0.25) is 0 Å². The van der Waals surface area contributed by atoms with E-state index in [0.717, 1.165) is 21.9 Å². The van der Waals surface area contributed by atoms with Crippen LogP contribution in [-0.2, 0) is 12.8 Å². The molecule has 5 heteroatoms. The standard InChI is InChI=1S/C15H16Br2N2S/c1-2-18-14(9-6-7-10(16)11(17)8-9)15-19-12-4-3-5-13(12)20-15/h6-8,14,18H,2-5H2,1H3. The maximum absolute atomic E-state index is 4.87. The number of nitrogens with zero attached hydrogens (tertiary/aromatic N) is 1. The topological polar surface area (TPSA) is 24.9 Å². The van der Waals surface area contributed by atoms with Gasteiger partial charge in [0.15, 0.2) is 0 Å². The predicted octanol–water partition coefficient (Wildman–Crippen LogP) is 4.86.